The molecular weight excluding hydrogens is 560 g/mol. The first-order valence-electron chi connectivity index (χ1n) is 15.6. The summed E-state index contributed by atoms with van der Waals surface area (Å²) in [5.74, 6) is 0.826. The molecule has 0 N–H and O–H groups in total. The largest absolute Gasteiger partial charge is 0.309 e. The number of aromatic nitrogens is 4. The molecule has 0 aliphatic carbocycles. The van der Waals surface area contributed by atoms with Crippen LogP contribution >= 0.6 is 0 Å². The molecule has 0 aliphatic heterocycles. The summed E-state index contributed by atoms with van der Waals surface area (Å²) in [6.45, 7) is 0. The Balaban J connectivity index is 1.49. The highest BCUT2D eigenvalue weighted by Crippen LogP contribution is 2.47. The Morgan fingerprint density at radius 2 is 0.826 bits per heavy atom. The summed E-state index contributed by atoms with van der Waals surface area (Å²) < 4.78 is 4.80. The summed E-state index contributed by atoms with van der Waals surface area (Å²) in [5, 5.41) is 7.27. The van der Waals surface area contributed by atoms with Crippen LogP contribution in [0.3, 0.4) is 0 Å². The highest BCUT2D eigenvalue weighted by molar-refractivity contribution is 6.37. The zero-order valence-corrected chi connectivity index (χ0v) is 24.8. The van der Waals surface area contributed by atoms with Crippen LogP contribution in [0, 0.1) is 0 Å². The summed E-state index contributed by atoms with van der Waals surface area (Å²) in [6, 6.07) is 55.7. The van der Waals surface area contributed by atoms with Crippen molar-refractivity contribution in [3.8, 4) is 22.8 Å². The Hall–Kier alpha value is -6.26. The Labute approximate surface area is 264 Å². The van der Waals surface area contributed by atoms with Crippen LogP contribution in [0.2, 0.25) is 0 Å². The van der Waals surface area contributed by atoms with Gasteiger partial charge in [0.25, 0.3) is 0 Å². The van der Waals surface area contributed by atoms with E-state index < -0.39 is 0 Å². The first kappa shape index (κ1) is 25.1. The number of nitrogens with zero attached hydrogens (tertiary/aromatic N) is 4. The lowest BCUT2D eigenvalue weighted by atomic mass is 9.99. The number of fused-ring (bicyclic) bond motifs is 11. The van der Waals surface area contributed by atoms with Gasteiger partial charge in [0.05, 0.1) is 33.1 Å². The average molecular weight is 587 g/mol. The van der Waals surface area contributed by atoms with E-state index in [9.17, 15) is 0 Å². The fourth-order valence-corrected chi connectivity index (χ4v) is 7.39. The molecule has 0 saturated carbocycles. The number of rotatable bonds is 3. The van der Waals surface area contributed by atoms with E-state index in [2.05, 4.69) is 143 Å². The SMILES string of the molecule is c1ccc(-c2nc3ccccc3nc2-n2c3ccccc3c3c4c5ccccc5n(-c5ccccc5)c4c4ccccc4c32)cc1. The molecule has 3 heterocycles. The molecule has 10 aromatic rings. The Bertz CT molecular complexity index is 2790. The maximum atomic E-state index is 5.39. The Morgan fingerprint density at radius 3 is 1.46 bits per heavy atom. The molecule has 0 aliphatic rings. The van der Waals surface area contributed by atoms with Gasteiger partial charge in [0.1, 0.15) is 5.69 Å². The van der Waals surface area contributed by atoms with Gasteiger partial charge >= 0.3 is 0 Å². The smallest absolute Gasteiger partial charge is 0.165 e. The predicted molar refractivity (Wildman–Crippen MR) is 191 cm³/mol. The van der Waals surface area contributed by atoms with Crippen LogP contribution in [0.1, 0.15) is 0 Å². The maximum Gasteiger partial charge on any atom is 0.165 e. The van der Waals surface area contributed by atoms with Crippen LogP contribution in [-0.4, -0.2) is 19.1 Å². The molecule has 46 heavy (non-hydrogen) atoms. The lowest BCUT2D eigenvalue weighted by Gasteiger charge is -2.15. The van der Waals surface area contributed by atoms with Crippen LogP contribution in [0.5, 0.6) is 0 Å². The average Bonchev–Trinajstić information content (AvgIpc) is 3.66. The van der Waals surface area contributed by atoms with Crippen LogP contribution in [0.25, 0.3) is 88.2 Å². The molecule has 0 amide bonds. The van der Waals surface area contributed by atoms with Crippen molar-refractivity contribution in [2.45, 2.75) is 0 Å². The van der Waals surface area contributed by atoms with Crippen molar-refractivity contribution in [2.75, 3.05) is 0 Å². The summed E-state index contributed by atoms with van der Waals surface area (Å²) in [7, 11) is 0. The molecule has 3 aromatic heterocycles. The minimum absolute atomic E-state index is 0.826. The summed E-state index contributed by atoms with van der Waals surface area (Å²) in [4.78, 5) is 10.7. The van der Waals surface area contributed by atoms with Crippen molar-refractivity contribution in [3.63, 3.8) is 0 Å². The third-order valence-electron chi connectivity index (χ3n) is 9.26. The van der Waals surface area contributed by atoms with Gasteiger partial charge in [-0.05, 0) is 36.4 Å². The molecule has 0 radical (unpaired) electrons. The molecular formula is C42H26N4. The standard InChI is InChI=1S/C42H26N4/c1-3-15-27(16-4-1)39-42(44-34-24-12-11-23-33(34)43-39)46-36-26-14-10-22-32(36)38-37-31-21-9-13-25-35(31)45(28-17-5-2-6-18-28)40(37)29-19-7-8-20-30(29)41(38)46/h1-26H. The zero-order valence-electron chi connectivity index (χ0n) is 24.8. The van der Waals surface area contributed by atoms with E-state index in [-0.39, 0.29) is 0 Å². The molecule has 0 atom stereocenters. The van der Waals surface area contributed by atoms with E-state index in [1.165, 1.54) is 43.4 Å². The molecule has 0 bridgehead atoms. The lowest BCUT2D eigenvalue weighted by Crippen LogP contribution is -2.04. The first-order valence-corrected chi connectivity index (χ1v) is 15.6. The number of benzene rings is 7. The predicted octanol–water partition coefficient (Wildman–Crippen LogP) is 10.6. The molecule has 4 nitrogen and oxygen atoms in total. The van der Waals surface area contributed by atoms with Gasteiger partial charge in [-0.25, -0.2) is 9.97 Å². The third-order valence-corrected chi connectivity index (χ3v) is 9.26. The molecule has 214 valence electrons. The van der Waals surface area contributed by atoms with Crippen molar-refractivity contribution >= 4 is 65.4 Å². The monoisotopic (exact) mass is 586 g/mol. The molecule has 0 unspecified atom stereocenters. The molecule has 7 aromatic carbocycles. The quantitative estimate of drug-likeness (QED) is 0.206. The van der Waals surface area contributed by atoms with Crippen molar-refractivity contribution in [1.82, 2.24) is 19.1 Å². The molecule has 10 rings (SSSR count). The second-order valence-electron chi connectivity index (χ2n) is 11.8. The topological polar surface area (TPSA) is 35.6 Å². The van der Waals surface area contributed by atoms with Crippen LogP contribution in [0.4, 0.5) is 0 Å². The second-order valence-corrected chi connectivity index (χ2v) is 11.8. The molecule has 0 saturated heterocycles. The fraction of sp³-hybridized carbons (Fsp3) is 0. The lowest BCUT2D eigenvalue weighted by molar-refractivity contribution is 1.08. The Kier molecular flexibility index (Phi) is 5.25. The van der Waals surface area contributed by atoms with Gasteiger partial charge < -0.3 is 4.57 Å². The Morgan fingerprint density at radius 1 is 0.370 bits per heavy atom. The minimum Gasteiger partial charge on any atom is -0.309 e. The second kappa shape index (κ2) is 9.62. The minimum atomic E-state index is 0.826. The van der Waals surface area contributed by atoms with Gasteiger partial charge in [0.2, 0.25) is 0 Å². The highest BCUT2D eigenvalue weighted by atomic mass is 15.1. The highest BCUT2D eigenvalue weighted by Gasteiger charge is 2.26. The van der Waals surface area contributed by atoms with Crippen molar-refractivity contribution < 1.29 is 0 Å². The molecule has 4 heteroatoms. The number of para-hydroxylation sites is 5. The molecule has 0 fully saturated rings. The third kappa shape index (κ3) is 3.44. The first-order chi connectivity index (χ1) is 22.9. The maximum absolute atomic E-state index is 5.39. The van der Waals surface area contributed by atoms with Gasteiger partial charge in [0.15, 0.2) is 5.82 Å². The van der Waals surface area contributed by atoms with Gasteiger partial charge in [-0.15, -0.1) is 0 Å². The van der Waals surface area contributed by atoms with E-state index in [1.807, 2.05) is 24.3 Å². The van der Waals surface area contributed by atoms with Crippen LogP contribution in [-0.2, 0) is 0 Å². The number of hydrogen-bond acceptors (Lipinski definition) is 2. The van der Waals surface area contributed by atoms with Crippen LogP contribution in [0.15, 0.2) is 158 Å². The number of hydrogen-bond donors (Lipinski definition) is 0. The van der Waals surface area contributed by atoms with Gasteiger partial charge in [0, 0.05) is 43.6 Å². The normalized spacial score (nSPS) is 11.9. The molecule has 0 spiro atoms. The van der Waals surface area contributed by atoms with Gasteiger partial charge in [-0.2, -0.15) is 0 Å². The van der Waals surface area contributed by atoms with Crippen molar-refractivity contribution in [1.29, 1.82) is 0 Å². The zero-order chi connectivity index (χ0) is 30.2. The summed E-state index contributed by atoms with van der Waals surface area (Å²) in [6.07, 6.45) is 0. The van der Waals surface area contributed by atoms with E-state index >= 15 is 0 Å². The van der Waals surface area contributed by atoms with Crippen molar-refractivity contribution in [3.05, 3.63) is 158 Å². The van der Waals surface area contributed by atoms with Gasteiger partial charge in [-0.3, -0.25) is 4.57 Å². The van der Waals surface area contributed by atoms with E-state index in [0.717, 1.165) is 44.8 Å². The van der Waals surface area contributed by atoms with Gasteiger partial charge in [-0.1, -0.05) is 121 Å². The van der Waals surface area contributed by atoms with Crippen molar-refractivity contribution in [2.24, 2.45) is 0 Å². The van der Waals surface area contributed by atoms with Crippen LogP contribution < -0.4 is 0 Å². The fourth-order valence-electron chi connectivity index (χ4n) is 7.39. The summed E-state index contributed by atoms with van der Waals surface area (Å²) >= 11 is 0. The van der Waals surface area contributed by atoms with E-state index in [0.29, 0.717) is 0 Å². The summed E-state index contributed by atoms with van der Waals surface area (Å²) in [5.41, 5.74) is 9.44. The van der Waals surface area contributed by atoms with E-state index in [4.69, 9.17) is 9.97 Å². The van der Waals surface area contributed by atoms with E-state index in [1.54, 1.807) is 0 Å².